The van der Waals surface area contributed by atoms with Crippen LogP contribution in [-0.2, 0) is 28.4 Å². The molecule has 0 aromatic heterocycles. The molecular weight excluding hydrogens is 275 g/mol. The van der Waals surface area contributed by atoms with E-state index in [2.05, 4.69) is 4.74 Å². The van der Waals surface area contributed by atoms with Crippen LogP contribution >= 0.6 is 7.37 Å². The van der Waals surface area contributed by atoms with Crippen LogP contribution in [0.3, 0.4) is 0 Å². The minimum Gasteiger partial charge on any atom is -0.463 e. The summed E-state index contributed by atoms with van der Waals surface area (Å²) in [5, 5.41) is 0. The van der Waals surface area contributed by atoms with Crippen LogP contribution in [0.5, 0.6) is 0 Å². The second-order valence-electron chi connectivity index (χ2n) is 5.18. The van der Waals surface area contributed by atoms with E-state index < -0.39 is 42.8 Å². The molecule has 110 valence electrons. The lowest BCUT2D eigenvalue weighted by Crippen LogP contribution is -2.38. The van der Waals surface area contributed by atoms with E-state index in [1.54, 1.807) is 20.8 Å². The smallest absolute Gasteiger partial charge is 0.375 e. The number of hydrogen-bond donors (Lipinski definition) is 1. The summed E-state index contributed by atoms with van der Waals surface area (Å²) in [6, 6.07) is 0. The molecule has 2 atom stereocenters. The molecule has 0 radical (unpaired) electrons. The number of carbonyl (C=O) groups excluding carboxylic acids is 3. The Labute approximate surface area is 111 Å². The van der Waals surface area contributed by atoms with Crippen LogP contribution in [0.2, 0.25) is 0 Å². The molecule has 8 heteroatoms. The summed E-state index contributed by atoms with van der Waals surface area (Å²) in [6.45, 7) is 5.73. The highest BCUT2D eigenvalue weighted by atomic mass is 31.2. The van der Waals surface area contributed by atoms with Crippen LogP contribution in [0.4, 0.5) is 0 Å². The summed E-state index contributed by atoms with van der Waals surface area (Å²) in [4.78, 5) is 43.9. The van der Waals surface area contributed by atoms with Gasteiger partial charge in [0, 0.05) is 12.8 Å². The van der Waals surface area contributed by atoms with Crippen molar-refractivity contribution in [2.45, 2.75) is 26.4 Å². The van der Waals surface area contributed by atoms with Crippen molar-refractivity contribution in [1.29, 1.82) is 0 Å². The molecule has 0 fully saturated rings. The van der Waals surface area contributed by atoms with Gasteiger partial charge in [0.1, 0.15) is 11.5 Å². The molecule has 0 aromatic rings. The van der Waals surface area contributed by atoms with Crippen molar-refractivity contribution in [3.8, 4) is 0 Å². The summed E-state index contributed by atoms with van der Waals surface area (Å²) in [5.74, 6) is -5.08. The predicted octanol–water partition coefficient (Wildman–Crippen LogP) is 0.587. The first-order valence-corrected chi connectivity index (χ1v) is 7.81. The normalized spacial score (nSPS) is 16.1. The zero-order valence-corrected chi connectivity index (χ0v) is 12.5. The Kier molecular flexibility index (Phi) is 5.90. The van der Waals surface area contributed by atoms with Crippen LogP contribution in [0.25, 0.3) is 0 Å². The number of rotatable bonds is 5. The van der Waals surface area contributed by atoms with Gasteiger partial charge >= 0.3 is 11.9 Å². The third kappa shape index (κ3) is 7.08. The topological polar surface area (TPSA) is 107 Å². The second kappa shape index (κ2) is 6.30. The van der Waals surface area contributed by atoms with Gasteiger partial charge in [-0.05, 0) is 20.8 Å². The molecule has 7 nitrogen and oxygen atoms in total. The number of Topliss-reactive ketones (excluding diaryl/α,β-unsaturated/α-hetero) is 1. The zero-order valence-electron chi connectivity index (χ0n) is 11.6. The minimum atomic E-state index is -3.67. The summed E-state index contributed by atoms with van der Waals surface area (Å²) in [6.07, 6.45) is -0.657. The molecular formula is C11H19O7P. The molecule has 0 spiro atoms. The summed E-state index contributed by atoms with van der Waals surface area (Å²) >= 11 is 0. The maximum atomic E-state index is 11.8. The van der Waals surface area contributed by atoms with Crippen LogP contribution in [-0.4, -0.2) is 48.2 Å². The monoisotopic (exact) mass is 294 g/mol. The van der Waals surface area contributed by atoms with Crippen molar-refractivity contribution in [3.63, 3.8) is 0 Å². The fraction of sp³-hybridized carbons (Fsp3) is 0.727. The number of ether oxygens (including phenoxy) is 2. The van der Waals surface area contributed by atoms with E-state index in [0.717, 1.165) is 13.8 Å². The van der Waals surface area contributed by atoms with Crippen LogP contribution < -0.4 is 0 Å². The molecule has 0 aliphatic carbocycles. The number of esters is 2. The van der Waals surface area contributed by atoms with Crippen LogP contribution in [0.15, 0.2) is 0 Å². The van der Waals surface area contributed by atoms with Crippen molar-refractivity contribution in [2.24, 2.45) is 5.92 Å². The van der Waals surface area contributed by atoms with Gasteiger partial charge in [-0.25, -0.2) is 4.79 Å². The largest absolute Gasteiger partial charge is 0.463 e. The number of hydrogen-bond acceptors (Lipinski definition) is 6. The van der Waals surface area contributed by atoms with Crippen LogP contribution in [0, 0.1) is 5.92 Å². The van der Waals surface area contributed by atoms with Crippen molar-refractivity contribution < 1.29 is 33.3 Å². The highest BCUT2D eigenvalue weighted by Crippen LogP contribution is 2.38. The van der Waals surface area contributed by atoms with Gasteiger partial charge in [-0.2, -0.15) is 0 Å². The van der Waals surface area contributed by atoms with Crippen molar-refractivity contribution >= 4 is 25.1 Å². The Morgan fingerprint density at radius 2 is 1.74 bits per heavy atom. The predicted molar refractivity (Wildman–Crippen MR) is 67.0 cm³/mol. The van der Waals surface area contributed by atoms with Gasteiger partial charge in [-0.1, -0.05) is 0 Å². The molecule has 2 unspecified atom stereocenters. The average molecular weight is 294 g/mol. The molecule has 0 saturated heterocycles. The lowest BCUT2D eigenvalue weighted by Gasteiger charge is -2.23. The number of methoxy groups -OCH3 is 1. The van der Waals surface area contributed by atoms with Crippen molar-refractivity contribution in [3.05, 3.63) is 0 Å². The third-order valence-electron chi connectivity index (χ3n) is 1.92. The number of ketones is 1. The summed E-state index contributed by atoms with van der Waals surface area (Å²) < 4.78 is 20.5. The second-order valence-corrected chi connectivity index (χ2v) is 7.64. The van der Waals surface area contributed by atoms with Crippen molar-refractivity contribution in [1.82, 2.24) is 0 Å². The molecule has 1 N–H and O–H groups in total. The van der Waals surface area contributed by atoms with Gasteiger partial charge in [0.05, 0.1) is 7.11 Å². The molecule has 0 rings (SSSR count). The van der Waals surface area contributed by atoms with E-state index in [1.807, 2.05) is 0 Å². The molecule has 0 aliphatic heterocycles. The maximum Gasteiger partial charge on any atom is 0.375 e. The zero-order chi connectivity index (χ0) is 15.4. The molecule has 19 heavy (non-hydrogen) atoms. The Morgan fingerprint density at radius 3 is 2.05 bits per heavy atom. The van der Waals surface area contributed by atoms with E-state index in [-0.39, 0.29) is 0 Å². The van der Waals surface area contributed by atoms with E-state index >= 15 is 0 Å². The van der Waals surface area contributed by atoms with Crippen molar-refractivity contribution in [2.75, 3.05) is 19.9 Å². The molecule has 0 heterocycles. The van der Waals surface area contributed by atoms with Gasteiger partial charge in [-0.15, -0.1) is 0 Å². The van der Waals surface area contributed by atoms with Gasteiger partial charge in [0.25, 0.3) is 5.78 Å². The first kappa shape index (κ1) is 17.8. The SMILES string of the molecule is COC(=O)C(=O)C(CP(C)(=O)O)C(=O)OC(C)(C)C. The van der Waals surface area contributed by atoms with E-state index in [1.165, 1.54) is 0 Å². The van der Waals surface area contributed by atoms with E-state index in [4.69, 9.17) is 4.74 Å². The van der Waals surface area contributed by atoms with Gasteiger partial charge in [0.15, 0.2) is 7.37 Å². The Balaban J connectivity index is 5.18. The fourth-order valence-corrected chi connectivity index (χ4v) is 2.21. The van der Waals surface area contributed by atoms with E-state index in [9.17, 15) is 23.8 Å². The molecule has 0 bridgehead atoms. The quantitative estimate of drug-likeness (QED) is 0.342. The first-order valence-electron chi connectivity index (χ1n) is 5.51. The Bertz CT molecular complexity index is 415. The molecule has 0 amide bonds. The summed E-state index contributed by atoms with van der Waals surface area (Å²) in [5.41, 5.74) is -0.876. The Morgan fingerprint density at radius 1 is 1.26 bits per heavy atom. The number of carbonyl (C=O) groups is 3. The third-order valence-corrected chi connectivity index (χ3v) is 2.96. The van der Waals surface area contributed by atoms with Gasteiger partial charge in [0.2, 0.25) is 0 Å². The fourth-order valence-electron chi connectivity index (χ4n) is 1.22. The molecule has 0 aliphatic rings. The average Bonchev–Trinajstić information content (AvgIpc) is 2.20. The minimum absolute atomic E-state index is 0.657. The first-order chi connectivity index (χ1) is 8.37. The Hall–Kier alpha value is -1.20. The molecule has 0 aromatic carbocycles. The lowest BCUT2D eigenvalue weighted by molar-refractivity contribution is -0.166. The van der Waals surface area contributed by atoms with E-state index in [0.29, 0.717) is 0 Å². The van der Waals surface area contributed by atoms with Gasteiger partial charge in [-0.3, -0.25) is 14.2 Å². The standard InChI is InChI=1S/C11H19O7P/c1-11(2,3)18-9(13)7(6-19(5,15)16)8(12)10(14)17-4/h7H,6H2,1-5H3,(H,15,16). The van der Waals surface area contributed by atoms with Gasteiger partial charge < -0.3 is 14.4 Å². The maximum absolute atomic E-state index is 11.8. The summed E-state index contributed by atoms with van der Waals surface area (Å²) in [7, 11) is -2.69. The van der Waals surface area contributed by atoms with Crippen LogP contribution in [0.1, 0.15) is 20.8 Å². The lowest BCUT2D eigenvalue weighted by atomic mass is 10.1. The highest BCUT2D eigenvalue weighted by molar-refractivity contribution is 7.57. The molecule has 0 saturated carbocycles. The highest BCUT2D eigenvalue weighted by Gasteiger charge is 2.39.